The second-order valence-electron chi connectivity index (χ2n) is 13.0. The highest BCUT2D eigenvalue weighted by Crippen LogP contribution is 2.29. The van der Waals surface area contributed by atoms with Crippen molar-refractivity contribution in [2.75, 3.05) is 19.8 Å². The van der Waals surface area contributed by atoms with Crippen LogP contribution in [0.4, 0.5) is 17.6 Å². The van der Waals surface area contributed by atoms with Gasteiger partial charge in [0.1, 0.15) is 17.3 Å². The number of rotatable bonds is 25. The molecule has 1 atom stereocenters. The number of halogens is 4. The Morgan fingerprint density at radius 1 is 0.635 bits per heavy atom. The Bertz CT molecular complexity index is 1460. The Labute approximate surface area is 306 Å². The molecule has 0 aliphatic heterocycles. The average Bonchev–Trinajstić information content (AvgIpc) is 3.13. The Morgan fingerprint density at radius 2 is 1.17 bits per heavy atom. The van der Waals surface area contributed by atoms with Crippen molar-refractivity contribution >= 4 is 11.9 Å². The van der Waals surface area contributed by atoms with Crippen LogP contribution in [0.3, 0.4) is 0 Å². The van der Waals surface area contributed by atoms with Gasteiger partial charge in [0, 0.05) is 19.3 Å². The van der Waals surface area contributed by atoms with Gasteiger partial charge in [0.2, 0.25) is 0 Å². The number of alkyl halides is 3. The second kappa shape index (κ2) is 23.6. The predicted octanol–water partition coefficient (Wildman–Crippen LogP) is 12.1. The summed E-state index contributed by atoms with van der Waals surface area (Å²) in [6.45, 7) is 5.70. The van der Waals surface area contributed by atoms with E-state index in [9.17, 15) is 27.2 Å². The van der Waals surface area contributed by atoms with E-state index in [1.54, 1.807) is 24.3 Å². The third kappa shape index (κ3) is 15.8. The first-order valence-corrected chi connectivity index (χ1v) is 18.8. The Balaban J connectivity index is 1.42. The van der Waals surface area contributed by atoms with Crippen LogP contribution in [0.5, 0.6) is 11.5 Å². The molecular formula is C42H54F4O6. The van der Waals surface area contributed by atoms with Crippen LogP contribution in [-0.4, -0.2) is 44.0 Å². The van der Waals surface area contributed by atoms with Gasteiger partial charge >= 0.3 is 18.1 Å². The van der Waals surface area contributed by atoms with Gasteiger partial charge in [-0.3, -0.25) is 0 Å². The second-order valence-corrected chi connectivity index (χ2v) is 13.0. The maximum Gasteiger partial charge on any atom is 0.425 e. The van der Waals surface area contributed by atoms with Crippen LogP contribution >= 0.6 is 0 Å². The first kappa shape index (κ1) is 42.5. The SMILES string of the molecule is CCCCCCCCCCCCCOc1ccc(-c2ccc(C(=O)Oc3ccc(C(=O)O[C@H](CCCCCOCC)C(F)(F)F)c(F)c3)cc2)cc1. The highest BCUT2D eigenvalue weighted by molar-refractivity contribution is 5.92. The molecule has 52 heavy (non-hydrogen) atoms. The van der Waals surface area contributed by atoms with Crippen molar-refractivity contribution in [1.82, 2.24) is 0 Å². The van der Waals surface area contributed by atoms with Crippen molar-refractivity contribution < 1.29 is 46.1 Å². The van der Waals surface area contributed by atoms with Crippen LogP contribution in [0.15, 0.2) is 66.7 Å². The molecule has 0 aliphatic rings. The molecule has 0 radical (unpaired) electrons. The van der Waals surface area contributed by atoms with E-state index in [0.29, 0.717) is 32.7 Å². The van der Waals surface area contributed by atoms with Gasteiger partial charge in [-0.2, -0.15) is 13.2 Å². The topological polar surface area (TPSA) is 71.1 Å². The summed E-state index contributed by atoms with van der Waals surface area (Å²) >= 11 is 0. The fourth-order valence-corrected chi connectivity index (χ4v) is 5.73. The van der Waals surface area contributed by atoms with Crippen molar-refractivity contribution in [1.29, 1.82) is 0 Å². The van der Waals surface area contributed by atoms with Crippen molar-refractivity contribution in [2.45, 2.75) is 122 Å². The number of carbonyl (C=O) groups is 2. The molecule has 0 N–H and O–H groups in total. The van der Waals surface area contributed by atoms with Crippen LogP contribution in [0.2, 0.25) is 0 Å². The molecule has 10 heteroatoms. The zero-order valence-electron chi connectivity index (χ0n) is 30.6. The summed E-state index contributed by atoms with van der Waals surface area (Å²) in [5, 5.41) is 0. The Hall–Kier alpha value is -3.92. The maximum atomic E-state index is 14.8. The highest BCUT2D eigenvalue weighted by atomic mass is 19.4. The lowest BCUT2D eigenvalue weighted by molar-refractivity contribution is -0.206. The number of hydrogen-bond acceptors (Lipinski definition) is 6. The minimum Gasteiger partial charge on any atom is -0.494 e. The molecule has 6 nitrogen and oxygen atoms in total. The van der Waals surface area contributed by atoms with Crippen LogP contribution < -0.4 is 9.47 Å². The summed E-state index contributed by atoms with van der Waals surface area (Å²) in [5.41, 5.74) is 1.31. The van der Waals surface area contributed by atoms with E-state index >= 15 is 0 Å². The van der Waals surface area contributed by atoms with Gasteiger partial charge in [0.15, 0.2) is 6.10 Å². The molecule has 0 saturated carbocycles. The van der Waals surface area contributed by atoms with Crippen molar-refractivity contribution in [3.8, 4) is 22.6 Å². The van der Waals surface area contributed by atoms with E-state index in [4.69, 9.17) is 14.2 Å². The molecule has 0 aliphatic carbocycles. The molecule has 3 aromatic carbocycles. The van der Waals surface area contributed by atoms with E-state index in [1.165, 1.54) is 64.2 Å². The summed E-state index contributed by atoms with van der Waals surface area (Å²) in [4.78, 5) is 25.2. The lowest BCUT2D eigenvalue weighted by Crippen LogP contribution is -2.34. The molecular weight excluding hydrogens is 676 g/mol. The largest absolute Gasteiger partial charge is 0.494 e. The first-order valence-electron chi connectivity index (χ1n) is 18.8. The molecule has 0 unspecified atom stereocenters. The Morgan fingerprint density at radius 3 is 1.75 bits per heavy atom. The summed E-state index contributed by atoms with van der Waals surface area (Å²) < 4.78 is 76.3. The van der Waals surface area contributed by atoms with Gasteiger partial charge < -0.3 is 18.9 Å². The van der Waals surface area contributed by atoms with Crippen molar-refractivity contribution in [3.05, 3.63) is 83.7 Å². The first-order chi connectivity index (χ1) is 25.1. The van der Waals surface area contributed by atoms with Crippen LogP contribution in [0.25, 0.3) is 11.1 Å². The van der Waals surface area contributed by atoms with E-state index in [2.05, 4.69) is 11.7 Å². The number of unbranched alkanes of at least 4 members (excludes halogenated alkanes) is 12. The summed E-state index contributed by atoms with van der Waals surface area (Å²) in [5.74, 6) is -2.81. The molecule has 3 rings (SSSR count). The standard InChI is InChI=1S/C42H54F4O6/c1-3-5-6-7-8-9-10-11-12-13-17-30-50-35-25-23-33(24-26-35)32-19-21-34(22-20-32)40(47)51-36-27-28-37(38(43)31-36)41(48)52-39(42(44,45)46)18-15-14-16-29-49-4-2/h19-28,31,39H,3-18,29-30H2,1-2H3/t39-/m1/s1. The zero-order valence-corrected chi connectivity index (χ0v) is 30.6. The lowest BCUT2D eigenvalue weighted by Gasteiger charge is -2.21. The molecule has 0 saturated heterocycles. The molecule has 0 spiro atoms. The van der Waals surface area contributed by atoms with Crippen LogP contribution in [0.1, 0.15) is 131 Å². The number of esters is 2. The molecule has 0 aromatic heterocycles. The average molecular weight is 731 g/mol. The third-order valence-corrected chi connectivity index (χ3v) is 8.77. The van der Waals surface area contributed by atoms with E-state index in [1.807, 2.05) is 31.2 Å². The lowest BCUT2D eigenvalue weighted by atomic mass is 10.0. The fraction of sp³-hybridized carbons (Fsp3) is 0.524. The van der Waals surface area contributed by atoms with Crippen molar-refractivity contribution in [3.63, 3.8) is 0 Å². The molecule has 0 bridgehead atoms. The van der Waals surface area contributed by atoms with E-state index in [0.717, 1.165) is 41.5 Å². The summed E-state index contributed by atoms with van der Waals surface area (Å²) in [7, 11) is 0. The van der Waals surface area contributed by atoms with Gasteiger partial charge in [-0.05, 0) is 80.1 Å². The van der Waals surface area contributed by atoms with Crippen molar-refractivity contribution in [2.24, 2.45) is 0 Å². The van der Waals surface area contributed by atoms with Crippen LogP contribution in [-0.2, 0) is 9.47 Å². The van der Waals surface area contributed by atoms with Gasteiger partial charge in [0.05, 0.1) is 17.7 Å². The highest BCUT2D eigenvalue weighted by Gasteiger charge is 2.42. The van der Waals surface area contributed by atoms with Gasteiger partial charge in [-0.25, -0.2) is 14.0 Å². The molecule has 3 aromatic rings. The maximum absolute atomic E-state index is 14.8. The predicted molar refractivity (Wildman–Crippen MR) is 195 cm³/mol. The molecule has 286 valence electrons. The smallest absolute Gasteiger partial charge is 0.425 e. The summed E-state index contributed by atoms with van der Waals surface area (Å²) in [6, 6.07) is 17.2. The van der Waals surface area contributed by atoms with Gasteiger partial charge in [-0.15, -0.1) is 0 Å². The summed E-state index contributed by atoms with van der Waals surface area (Å²) in [6.07, 6.45) is 7.69. The minimum atomic E-state index is -4.80. The number of hydrogen-bond donors (Lipinski definition) is 0. The fourth-order valence-electron chi connectivity index (χ4n) is 5.73. The molecule has 0 amide bonds. The van der Waals surface area contributed by atoms with Crippen LogP contribution in [0, 0.1) is 5.82 Å². The van der Waals surface area contributed by atoms with Gasteiger partial charge in [0.25, 0.3) is 0 Å². The van der Waals surface area contributed by atoms with E-state index < -0.39 is 42.0 Å². The quantitative estimate of drug-likeness (QED) is 0.0374. The number of carbonyl (C=O) groups excluding carboxylic acids is 2. The molecule has 0 heterocycles. The normalized spacial score (nSPS) is 12.0. The minimum absolute atomic E-state index is 0.156. The monoisotopic (exact) mass is 730 g/mol. The number of ether oxygens (including phenoxy) is 4. The van der Waals surface area contributed by atoms with E-state index in [-0.39, 0.29) is 17.7 Å². The molecule has 0 fully saturated rings. The third-order valence-electron chi connectivity index (χ3n) is 8.77. The number of benzene rings is 3. The zero-order chi connectivity index (χ0) is 37.6. The van der Waals surface area contributed by atoms with Gasteiger partial charge in [-0.1, -0.05) is 102 Å². The Kier molecular flexibility index (Phi) is 19.3.